The molecule has 16 aromatic rings. The molecule has 0 aliphatic carbocycles. The molecular formula is C94H98F8N20O7Si3. The first kappa shape index (κ1) is 97.2. The lowest BCUT2D eigenvalue weighted by Gasteiger charge is -2.19. The maximum Gasteiger partial charge on any atom is 0.228 e. The van der Waals surface area contributed by atoms with Crippen LogP contribution in [0.3, 0.4) is 0 Å². The molecule has 1 atom stereocenters. The third-order valence-electron chi connectivity index (χ3n) is 20.2. The molecule has 132 heavy (non-hydrogen) atoms. The molecule has 684 valence electrons. The summed E-state index contributed by atoms with van der Waals surface area (Å²) >= 11 is 0. The third kappa shape index (κ3) is 25.8. The molecule has 4 aromatic carbocycles. The lowest BCUT2D eigenvalue weighted by Crippen LogP contribution is -2.22. The SMILES string of the molecule is Cn1cc(-c2cn(COCC[Si](C)(C)C)cn2)cn1.Cn1cc(-c2cnc(C(=O)c3ccnc(-c4c(F)cccc4F)c3)[nH]2)cn1.Cn1cc(-c2cnc(C(=O)c3ccnc(-c4c(F)cccc4F)c3)n2COCC[Si](C)(C)C)cn1.Cn1cc(-c2cnc(C(O)c3ccnc(-c4c(F)cccc4F)c3)n2COCC[Si](C)(C)C)cn1.O=Cc1ccnc(-c2c(F)cccc2F)c1. The van der Waals surface area contributed by atoms with Crippen LogP contribution in [0.1, 0.15) is 60.2 Å². The number of carbonyl (C=O) groups excluding carboxylic acids is 3. The van der Waals surface area contributed by atoms with Crippen LogP contribution in [0.25, 0.3) is 90.1 Å². The van der Waals surface area contributed by atoms with Crippen molar-refractivity contribution in [2.24, 2.45) is 28.2 Å². The molecule has 0 aliphatic rings. The number of carbonyl (C=O) groups is 3. The molecule has 0 aliphatic heterocycles. The Bertz CT molecular complexity index is 6580. The maximum atomic E-state index is 14.3. The van der Waals surface area contributed by atoms with Gasteiger partial charge in [0.05, 0.1) is 118 Å². The smallest absolute Gasteiger partial charge is 0.228 e. The maximum absolute atomic E-state index is 14.3. The molecule has 12 heterocycles. The molecule has 0 spiro atoms. The summed E-state index contributed by atoms with van der Waals surface area (Å²) in [7, 11) is 3.76. The predicted molar refractivity (Wildman–Crippen MR) is 491 cm³/mol. The van der Waals surface area contributed by atoms with Gasteiger partial charge in [0.15, 0.2) is 11.6 Å². The molecule has 0 saturated heterocycles. The number of H-pyrrole nitrogens is 1. The van der Waals surface area contributed by atoms with Gasteiger partial charge in [0, 0.05) is 167 Å². The standard InChI is InChI=1S/C25H29F2N5O2Si.C25H27F2N5O2Si.C19H13F2N5O.C13H22N4OSi.C12H7F2NO/c2*1-31-15-18(13-30-31)22-14-29-25(32(22)16-34-10-11-35(2,3)4)24(33)17-8-9-28-21(12-17)23-19(26)6-5-7-20(23)27;1-26-10-12(8-24-26)16-9-23-19(25-16)18(27)11-5-6-22-15(7-11)17-13(20)3-2-4-14(17)21;1-16-8-12(7-15-16)13-9-17(10-14-13)11-18-5-6-19(2,3)4;13-9-2-1-3-10(14)12(9)11-6-8(7-16)4-5-15-11/h5-9,12-15,24,33H,10-11,16H2,1-4H3;5-9,12-15H,10-11,16H2,1-4H3;2-10H,1H3,(H,23,25);7-10H,5-6,11H2,1-4H3;1-7H. The molecule has 1 unspecified atom stereocenters. The average molecular weight is 1860 g/mol. The van der Waals surface area contributed by atoms with Gasteiger partial charge < -0.3 is 33.4 Å². The van der Waals surface area contributed by atoms with Gasteiger partial charge in [-0.15, -0.1) is 0 Å². The number of hydrogen-bond acceptors (Lipinski definition) is 19. The van der Waals surface area contributed by atoms with Crippen LogP contribution in [-0.4, -0.2) is 165 Å². The van der Waals surface area contributed by atoms with E-state index in [0.717, 1.165) is 88.7 Å². The van der Waals surface area contributed by atoms with E-state index in [2.05, 4.69) is 124 Å². The number of aryl methyl sites for hydroxylation is 4. The van der Waals surface area contributed by atoms with E-state index in [0.29, 0.717) is 54.6 Å². The van der Waals surface area contributed by atoms with E-state index in [9.17, 15) is 54.6 Å². The number of aromatic amines is 1. The summed E-state index contributed by atoms with van der Waals surface area (Å²) < 4.78 is 142. The Morgan fingerprint density at radius 2 is 0.795 bits per heavy atom. The number of aliphatic hydroxyl groups excluding tert-OH is 1. The second-order valence-electron chi connectivity index (χ2n) is 34.3. The van der Waals surface area contributed by atoms with Crippen LogP contribution in [0.4, 0.5) is 35.1 Å². The summed E-state index contributed by atoms with van der Waals surface area (Å²) in [5.41, 5.74) is 6.86. The first-order valence-electron chi connectivity index (χ1n) is 41.7. The Morgan fingerprint density at radius 1 is 0.409 bits per heavy atom. The number of aromatic nitrogens is 20. The van der Waals surface area contributed by atoms with Gasteiger partial charge in [-0.1, -0.05) is 83.2 Å². The minimum Gasteiger partial charge on any atom is -0.380 e. The highest BCUT2D eigenvalue weighted by atomic mass is 28.3. The highest BCUT2D eigenvalue weighted by Gasteiger charge is 2.28. The van der Waals surface area contributed by atoms with E-state index in [4.69, 9.17) is 14.2 Å². The zero-order valence-electron chi connectivity index (χ0n) is 74.8. The zero-order valence-corrected chi connectivity index (χ0v) is 77.8. The molecule has 27 nitrogen and oxygen atoms in total. The predicted octanol–water partition coefficient (Wildman–Crippen LogP) is 19.0. The highest BCUT2D eigenvalue weighted by molar-refractivity contribution is 6.76. The average Bonchev–Trinajstić information content (AvgIpc) is 1.63. The molecular weight excluding hydrogens is 1760 g/mol. The van der Waals surface area contributed by atoms with Crippen molar-refractivity contribution < 1.29 is 68.8 Å². The Morgan fingerprint density at radius 3 is 1.23 bits per heavy atom. The number of aliphatic hydroxyl groups is 1. The monoisotopic (exact) mass is 1850 g/mol. The molecule has 0 saturated carbocycles. The van der Waals surface area contributed by atoms with Gasteiger partial charge in [0.2, 0.25) is 11.6 Å². The van der Waals surface area contributed by atoms with Crippen molar-refractivity contribution in [3.63, 3.8) is 0 Å². The molecule has 0 bridgehead atoms. The normalized spacial score (nSPS) is 11.7. The fourth-order valence-corrected chi connectivity index (χ4v) is 15.4. The third-order valence-corrected chi connectivity index (χ3v) is 25.4. The van der Waals surface area contributed by atoms with Gasteiger partial charge in [0.25, 0.3) is 0 Å². The highest BCUT2D eigenvalue weighted by Crippen LogP contribution is 2.34. The van der Waals surface area contributed by atoms with Crippen molar-refractivity contribution in [3.05, 3.63) is 313 Å². The van der Waals surface area contributed by atoms with E-state index < -0.39 is 88.4 Å². The molecule has 12 aromatic heterocycles. The summed E-state index contributed by atoms with van der Waals surface area (Å²) in [5, 5.41) is 27.9. The Hall–Kier alpha value is -13.9. The van der Waals surface area contributed by atoms with Crippen LogP contribution in [-0.2, 0) is 62.6 Å². The number of ether oxygens (including phenoxy) is 3. The minimum absolute atomic E-state index is 0.0309. The van der Waals surface area contributed by atoms with Crippen molar-refractivity contribution in [2.75, 3.05) is 19.8 Å². The van der Waals surface area contributed by atoms with Crippen molar-refractivity contribution in [2.45, 2.75) is 103 Å². The van der Waals surface area contributed by atoms with Crippen LogP contribution < -0.4 is 0 Å². The lowest BCUT2D eigenvalue weighted by atomic mass is 10.0. The molecule has 0 radical (unpaired) electrons. The first-order chi connectivity index (χ1) is 63.0. The zero-order chi connectivity index (χ0) is 94.7. The second-order valence-corrected chi connectivity index (χ2v) is 51.1. The molecule has 0 amide bonds. The number of hydrogen-bond donors (Lipinski definition) is 2. The first-order valence-corrected chi connectivity index (χ1v) is 52.8. The quantitative estimate of drug-likeness (QED) is 0.0139. The van der Waals surface area contributed by atoms with Crippen LogP contribution in [0.15, 0.2) is 227 Å². The van der Waals surface area contributed by atoms with E-state index in [1.165, 1.54) is 116 Å². The van der Waals surface area contributed by atoms with Gasteiger partial charge in [-0.05, 0) is 121 Å². The van der Waals surface area contributed by atoms with Crippen molar-refractivity contribution in [3.8, 4) is 90.1 Å². The topological polar surface area (TPSA) is 304 Å². The number of benzene rings is 4. The summed E-state index contributed by atoms with van der Waals surface area (Å²) in [6, 6.07) is 29.1. The van der Waals surface area contributed by atoms with Crippen molar-refractivity contribution >= 4 is 42.1 Å². The number of aldehydes is 1. The van der Waals surface area contributed by atoms with Crippen LogP contribution in [0.2, 0.25) is 77.1 Å². The fraction of sp³-hybridized carbons (Fsp3) is 0.245. The number of nitrogens with one attached hydrogen (secondary N) is 1. The van der Waals surface area contributed by atoms with Crippen LogP contribution in [0, 0.1) is 46.5 Å². The van der Waals surface area contributed by atoms with Crippen molar-refractivity contribution in [1.82, 2.24) is 97.7 Å². The largest absolute Gasteiger partial charge is 0.380 e. The molecule has 2 N–H and O–H groups in total. The van der Waals surface area contributed by atoms with Gasteiger partial charge >= 0.3 is 0 Å². The van der Waals surface area contributed by atoms with Crippen LogP contribution >= 0.6 is 0 Å². The van der Waals surface area contributed by atoms with Gasteiger partial charge in [-0.25, -0.2) is 55.1 Å². The number of pyridine rings is 4. The summed E-state index contributed by atoms with van der Waals surface area (Å²) in [6.07, 6.45) is 27.8. The van der Waals surface area contributed by atoms with Gasteiger partial charge in [-0.3, -0.25) is 57.6 Å². The number of ketones is 2. The molecule has 38 heteroatoms. The summed E-state index contributed by atoms with van der Waals surface area (Å²) in [6.45, 7) is 23.6. The van der Waals surface area contributed by atoms with E-state index in [1.807, 2.05) is 49.6 Å². The second kappa shape index (κ2) is 43.7. The Labute approximate surface area is 759 Å². The Balaban J connectivity index is 0.000000153. The lowest BCUT2D eigenvalue weighted by molar-refractivity contribution is 0.0797. The summed E-state index contributed by atoms with van der Waals surface area (Å²) in [5.74, 6) is -6.04. The number of imidazole rings is 4. The van der Waals surface area contributed by atoms with Crippen LogP contribution in [0.5, 0.6) is 0 Å². The molecule has 0 fully saturated rings. The van der Waals surface area contributed by atoms with E-state index in [-0.39, 0.29) is 81.3 Å². The van der Waals surface area contributed by atoms with Gasteiger partial charge in [0.1, 0.15) is 84.9 Å². The Kier molecular flexibility index (Phi) is 32.2. The van der Waals surface area contributed by atoms with E-state index in [1.54, 1.807) is 91.5 Å². The molecule has 16 rings (SSSR count). The van der Waals surface area contributed by atoms with Crippen molar-refractivity contribution in [1.29, 1.82) is 0 Å². The fourth-order valence-electron chi connectivity index (χ4n) is 13.1. The minimum atomic E-state index is -1.29. The summed E-state index contributed by atoms with van der Waals surface area (Å²) in [4.78, 5) is 73.1. The van der Waals surface area contributed by atoms with E-state index >= 15 is 0 Å². The number of nitrogens with zero attached hydrogens (tertiary/aromatic N) is 19. The van der Waals surface area contributed by atoms with Gasteiger partial charge in [-0.2, -0.15) is 20.4 Å². The number of halogens is 8. The number of rotatable bonds is 30.